The Morgan fingerprint density at radius 3 is 2.61 bits per heavy atom. The average molecular weight is 418 g/mol. The van der Waals surface area contributed by atoms with E-state index in [0.717, 1.165) is 22.4 Å². The van der Waals surface area contributed by atoms with E-state index in [1.165, 1.54) is 0 Å². The van der Waals surface area contributed by atoms with E-state index in [2.05, 4.69) is 0 Å². The fourth-order valence-electron chi connectivity index (χ4n) is 3.93. The fourth-order valence-corrected chi connectivity index (χ4v) is 3.93. The molecule has 0 bridgehead atoms. The Morgan fingerprint density at radius 1 is 1.06 bits per heavy atom. The zero-order chi connectivity index (χ0) is 22.0. The van der Waals surface area contributed by atoms with Crippen LogP contribution >= 0.6 is 0 Å². The number of carbonyl (C=O) groups excluding carboxylic acids is 2. The minimum atomic E-state index is -0.700. The van der Waals surface area contributed by atoms with Gasteiger partial charge in [-0.3, -0.25) is 4.79 Å². The summed E-state index contributed by atoms with van der Waals surface area (Å²) in [6.45, 7) is -0.464. The highest BCUT2D eigenvalue weighted by molar-refractivity contribution is 6.07. The number of methoxy groups -OCH3 is 2. The van der Waals surface area contributed by atoms with Crippen LogP contribution in [0.5, 0.6) is 11.5 Å². The maximum atomic E-state index is 12.9. The molecule has 0 unspecified atom stereocenters. The van der Waals surface area contributed by atoms with E-state index in [1.807, 2.05) is 48.5 Å². The number of hydrogen-bond donors (Lipinski definition) is 1. The number of nitrogens with zero attached hydrogens (tertiary/aromatic N) is 1. The molecule has 158 valence electrons. The van der Waals surface area contributed by atoms with Gasteiger partial charge in [-0.15, -0.1) is 0 Å². The summed E-state index contributed by atoms with van der Waals surface area (Å²) in [5.74, 6) is -0.00647. The third-order valence-electron chi connectivity index (χ3n) is 5.25. The molecule has 1 aromatic heterocycles. The molecule has 1 amide bonds. The number of nitrogens with two attached hydrogens (primary N) is 1. The molecule has 1 heterocycles. The zero-order valence-corrected chi connectivity index (χ0v) is 17.3. The number of fused-ring (bicyclic) bond motifs is 2. The number of pyridine rings is 1. The number of carbonyl (C=O) groups is 2. The van der Waals surface area contributed by atoms with Crippen LogP contribution in [-0.2, 0) is 16.0 Å². The number of amides is 1. The van der Waals surface area contributed by atoms with Crippen molar-refractivity contribution in [2.45, 2.75) is 12.8 Å². The Bertz CT molecular complexity index is 1220. The Balaban J connectivity index is 1.86. The number of rotatable bonds is 6. The van der Waals surface area contributed by atoms with Crippen LogP contribution in [-0.4, -0.2) is 37.7 Å². The average Bonchev–Trinajstić information content (AvgIpc) is 3.17. The van der Waals surface area contributed by atoms with Gasteiger partial charge in [0.25, 0.3) is 5.91 Å². The first kappa shape index (κ1) is 20.4. The van der Waals surface area contributed by atoms with Gasteiger partial charge in [0.2, 0.25) is 0 Å². The van der Waals surface area contributed by atoms with Gasteiger partial charge in [0, 0.05) is 10.9 Å². The van der Waals surface area contributed by atoms with Crippen LogP contribution in [0.1, 0.15) is 33.6 Å². The van der Waals surface area contributed by atoms with Gasteiger partial charge < -0.3 is 19.9 Å². The fraction of sp³-hybridized carbons (Fsp3) is 0.208. The summed E-state index contributed by atoms with van der Waals surface area (Å²) in [7, 11) is 3.19. The molecule has 4 rings (SSSR count). The number of aromatic nitrogens is 1. The molecular formula is C24H22N2O5. The molecule has 0 fully saturated rings. The number of esters is 1. The minimum absolute atomic E-state index is 0.433. The first-order valence-corrected chi connectivity index (χ1v) is 9.82. The normalized spacial score (nSPS) is 13.8. The predicted molar refractivity (Wildman–Crippen MR) is 117 cm³/mol. The molecule has 1 aliphatic carbocycles. The van der Waals surface area contributed by atoms with E-state index in [-0.39, 0.29) is 0 Å². The molecule has 31 heavy (non-hydrogen) atoms. The molecule has 2 N–H and O–H groups in total. The van der Waals surface area contributed by atoms with Crippen LogP contribution in [0.3, 0.4) is 0 Å². The minimum Gasteiger partial charge on any atom is -0.493 e. The van der Waals surface area contributed by atoms with Crippen molar-refractivity contribution in [2.24, 2.45) is 5.73 Å². The monoisotopic (exact) mass is 418 g/mol. The highest BCUT2D eigenvalue weighted by Gasteiger charge is 2.28. The number of hydrogen-bond acceptors (Lipinski definition) is 6. The van der Waals surface area contributed by atoms with E-state index in [0.29, 0.717) is 40.8 Å². The van der Waals surface area contributed by atoms with Crippen molar-refractivity contribution in [3.63, 3.8) is 0 Å². The van der Waals surface area contributed by atoms with Crippen LogP contribution in [0.2, 0.25) is 0 Å². The standard InChI is InChI=1S/C24H22N2O5/c1-29-19-9-5-6-15(23(19)30-2)12-14-10-11-17-21(24(28)31-13-20(25)27)16-7-3-4-8-18(16)26-22(14)17/h3-9,12H,10-11,13H2,1-2H3,(H2,25,27)/b14-12+. The number of primary amides is 1. The van der Waals surface area contributed by atoms with Crippen LogP contribution in [0, 0.1) is 0 Å². The molecule has 2 aromatic carbocycles. The lowest BCUT2D eigenvalue weighted by Gasteiger charge is -2.13. The summed E-state index contributed by atoms with van der Waals surface area (Å²) in [6, 6.07) is 13.1. The van der Waals surface area contributed by atoms with Gasteiger partial charge >= 0.3 is 5.97 Å². The largest absolute Gasteiger partial charge is 0.493 e. The molecule has 0 atom stereocenters. The SMILES string of the molecule is COc1cccc(/C=C2\CCc3c2nc2ccccc2c3C(=O)OCC(N)=O)c1OC. The van der Waals surface area contributed by atoms with Gasteiger partial charge in [-0.25, -0.2) is 9.78 Å². The van der Waals surface area contributed by atoms with E-state index < -0.39 is 18.5 Å². The Kier molecular flexibility index (Phi) is 5.58. The maximum Gasteiger partial charge on any atom is 0.339 e. The van der Waals surface area contributed by atoms with Crippen molar-refractivity contribution in [1.29, 1.82) is 0 Å². The maximum absolute atomic E-state index is 12.9. The third kappa shape index (κ3) is 3.82. The molecule has 0 saturated heterocycles. The molecule has 0 saturated carbocycles. The molecule has 0 aliphatic heterocycles. The van der Waals surface area contributed by atoms with Crippen molar-refractivity contribution < 1.29 is 23.8 Å². The highest BCUT2D eigenvalue weighted by Crippen LogP contribution is 2.40. The summed E-state index contributed by atoms with van der Waals surface area (Å²) < 4.78 is 16.1. The second-order valence-electron chi connectivity index (χ2n) is 7.13. The summed E-state index contributed by atoms with van der Waals surface area (Å²) in [6.07, 6.45) is 3.34. The van der Waals surface area contributed by atoms with Gasteiger partial charge in [0.15, 0.2) is 18.1 Å². The van der Waals surface area contributed by atoms with Gasteiger partial charge in [-0.1, -0.05) is 30.3 Å². The van der Waals surface area contributed by atoms with Crippen molar-refractivity contribution >= 4 is 34.4 Å². The summed E-state index contributed by atoms with van der Waals surface area (Å²) in [5.41, 5.74) is 9.65. The van der Waals surface area contributed by atoms with Crippen LogP contribution in [0.25, 0.3) is 22.6 Å². The lowest BCUT2D eigenvalue weighted by atomic mass is 10.0. The second-order valence-corrected chi connectivity index (χ2v) is 7.13. The van der Waals surface area contributed by atoms with E-state index >= 15 is 0 Å². The molecule has 3 aromatic rings. The smallest absolute Gasteiger partial charge is 0.339 e. The van der Waals surface area contributed by atoms with E-state index in [1.54, 1.807) is 14.2 Å². The predicted octanol–water partition coefficient (Wildman–Crippen LogP) is 3.38. The first-order valence-electron chi connectivity index (χ1n) is 9.82. The molecule has 7 heteroatoms. The molecule has 1 aliphatic rings. The zero-order valence-electron chi connectivity index (χ0n) is 17.3. The Hall–Kier alpha value is -3.87. The lowest BCUT2D eigenvalue weighted by molar-refractivity contribution is -0.121. The summed E-state index contributed by atoms with van der Waals surface area (Å²) in [4.78, 5) is 28.8. The molecule has 0 radical (unpaired) electrons. The van der Waals surface area contributed by atoms with Gasteiger partial charge in [0.05, 0.1) is 31.0 Å². The van der Waals surface area contributed by atoms with E-state index in [9.17, 15) is 9.59 Å². The Morgan fingerprint density at radius 2 is 1.87 bits per heavy atom. The number of para-hydroxylation sites is 2. The molecule has 7 nitrogen and oxygen atoms in total. The number of benzene rings is 2. The van der Waals surface area contributed by atoms with E-state index in [4.69, 9.17) is 24.9 Å². The Labute approximate surface area is 179 Å². The van der Waals surface area contributed by atoms with Gasteiger partial charge in [-0.2, -0.15) is 0 Å². The van der Waals surface area contributed by atoms with Gasteiger partial charge in [0.1, 0.15) is 0 Å². The first-order chi connectivity index (χ1) is 15.0. The van der Waals surface area contributed by atoms with Gasteiger partial charge in [-0.05, 0) is 42.2 Å². The molecule has 0 spiro atoms. The van der Waals surface area contributed by atoms with Crippen LogP contribution < -0.4 is 15.2 Å². The number of ether oxygens (including phenoxy) is 3. The van der Waals surface area contributed by atoms with Crippen LogP contribution in [0.4, 0.5) is 0 Å². The van der Waals surface area contributed by atoms with Crippen molar-refractivity contribution in [1.82, 2.24) is 4.98 Å². The second kappa shape index (κ2) is 8.47. The van der Waals surface area contributed by atoms with Crippen molar-refractivity contribution in [3.8, 4) is 11.5 Å². The molecular weight excluding hydrogens is 396 g/mol. The van der Waals surface area contributed by atoms with Crippen molar-refractivity contribution in [3.05, 3.63) is 64.8 Å². The van der Waals surface area contributed by atoms with Crippen LogP contribution in [0.15, 0.2) is 42.5 Å². The quantitative estimate of drug-likeness (QED) is 0.616. The lowest BCUT2D eigenvalue weighted by Crippen LogP contribution is -2.21. The summed E-state index contributed by atoms with van der Waals surface area (Å²) >= 11 is 0. The number of allylic oxidation sites excluding steroid dienone is 1. The summed E-state index contributed by atoms with van der Waals surface area (Å²) in [5, 5.41) is 0.691. The third-order valence-corrected chi connectivity index (χ3v) is 5.25. The van der Waals surface area contributed by atoms with Crippen molar-refractivity contribution in [2.75, 3.05) is 20.8 Å². The highest BCUT2D eigenvalue weighted by atomic mass is 16.5. The topological polar surface area (TPSA) is 101 Å².